The van der Waals surface area contributed by atoms with E-state index in [0.29, 0.717) is 32.5 Å². The number of thiazole rings is 1. The van der Waals surface area contributed by atoms with Crippen LogP contribution in [-0.2, 0) is 21.3 Å². The molecule has 0 saturated carbocycles. The van der Waals surface area contributed by atoms with Crippen molar-refractivity contribution in [1.29, 1.82) is 0 Å². The van der Waals surface area contributed by atoms with Crippen LogP contribution in [-0.4, -0.2) is 42.5 Å². The highest BCUT2D eigenvalue weighted by Crippen LogP contribution is 2.43. The van der Waals surface area contributed by atoms with Crippen LogP contribution in [0.4, 0.5) is 0 Å². The zero-order chi connectivity index (χ0) is 32.0. The molecule has 0 N–H and O–H groups in total. The van der Waals surface area contributed by atoms with Crippen molar-refractivity contribution in [2.45, 2.75) is 46.3 Å². The van der Waals surface area contributed by atoms with Crippen molar-refractivity contribution in [3.63, 3.8) is 0 Å². The van der Waals surface area contributed by atoms with Gasteiger partial charge in [0.2, 0.25) is 0 Å². The van der Waals surface area contributed by atoms with E-state index in [0.717, 1.165) is 32.3 Å². The van der Waals surface area contributed by atoms with Gasteiger partial charge in [0, 0.05) is 46.5 Å². The molecule has 0 bridgehead atoms. The molecule has 230 valence electrons. The molecular formula is C34H32ClN5O4S. The van der Waals surface area contributed by atoms with Crippen LogP contribution in [0, 0.1) is 6.92 Å². The van der Waals surface area contributed by atoms with Gasteiger partial charge in [-0.05, 0) is 76.1 Å². The van der Waals surface area contributed by atoms with E-state index in [9.17, 15) is 9.59 Å². The summed E-state index contributed by atoms with van der Waals surface area (Å²) >= 11 is 7.63. The predicted molar refractivity (Wildman–Crippen MR) is 178 cm³/mol. The Morgan fingerprint density at radius 2 is 1.82 bits per heavy atom. The molecule has 9 nitrogen and oxygen atoms in total. The first-order valence-electron chi connectivity index (χ1n) is 14.5. The topological polar surface area (TPSA) is 101 Å². The van der Waals surface area contributed by atoms with Crippen LogP contribution in [0.3, 0.4) is 0 Å². The summed E-state index contributed by atoms with van der Waals surface area (Å²) < 4.78 is 16.0. The van der Waals surface area contributed by atoms with Crippen molar-refractivity contribution < 1.29 is 14.3 Å². The SMILES string of the molecule is CCOC(=O)[C@@H](OC(C)(C)C)c1c(C)cc2nc(-n3ccnc(-c4ccc5c(cnn5C)c4)c3=O)sc2c1-c1ccc(Cl)cc1. The standard InChI is InChI=1S/C34H32ClN5O4S/c1-7-43-32(42)29(44-34(3,4)5)26-19(2)16-24-30(27(26)20-8-11-23(35)12-9-20)45-33(38-24)40-15-14-36-28(31(40)41)21-10-13-25-22(17-21)18-37-39(25)6/h8-18,29H,7H2,1-6H3/t29-/m0/s1. The van der Waals surface area contributed by atoms with E-state index in [1.807, 2.05) is 71.1 Å². The van der Waals surface area contributed by atoms with Gasteiger partial charge < -0.3 is 9.47 Å². The molecule has 3 aromatic carbocycles. The Hall–Kier alpha value is -4.38. The van der Waals surface area contributed by atoms with Crippen molar-refractivity contribution in [3.8, 4) is 27.5 Å². The number of ether oxygens (including phenoxy) is 2. The Kier molecular flexibility index (Phi) is 8.07. The van der Waals surface area contributed by atoms with E-state index in [1.165, 1.54) is 15.9 Å². The fourth-order valence-electron chi connectivity index (χ4n) is 5.41. The van der Waals surface area contributed by atoms with Crippen molar-refractivity contribution >= 4 is 50.0 Å². The zero-order valence-electron chi connectivity index (χ0n) is 25.8. The Balaban J connectivity index is 1.57. The fraction of sp³-hybridized carbons (Fsp3) is 0.265. The van der Waals surface area contributed by atoms with E-state index in [2.05, 4.69) is 10.1 Å². The van der Waals surface area contributed by atoms with Crippen molar-refractivity contribution in [1.82, 2.24) is 24.3 Å². The van der Waals surface area contributed by atoms with E-state index in [1.54, 1.807) is 42.3 Å². The molecule has 0 aliphatic rings. The summed E-state index contributed by atoms with van der Waals surface area (Å²) in [5.41, 5.74) is 4.78. The van der Waals surface area contributed by atoms with Crippen molar-refractivity contribution in [2.24, 2.45) is 7.05 Å². The Morgan fingerprint density at radius 3 is 2.53 bits per heavy atom. The highest BCUT2D eigenvalue weighted by atomic mass is 35.5. The van der Waals surface area contributed by atoms with Crippen LogP contribution in [0.15, 0.2) is 71.9 Å². The number of carbonyl (C=O) groups excluding carboxylic acids is 1. The molecule has 0 saturated heterocycles. The lowest BCUT2D eigenvalue weighted by Crippen LogP contribution is -2.29. The molecule has 6 aromatic rings. The van der Waals surface area contributed by atoms with E-state index in [4.69, 9.17) is 26.1 Å². The highest BCUT2D eigenvalue weighted by molar-refractivity contribution is 7.21. The molecule has 45 heavy (non-hydrogen) atoms. The van der Waals surface area contributed by atoms with Gasteiger partial charge in [-0.15, -0.1) is 0 Å². The second-order valence-electron chi connectivity index (χ2n) is 11.7. The number of hydrogen-bond acceptors (Lipinski definition) is 8. The number of benzene rings is 3. The Labute approximate surface area is 269 Å². The van der Waals surface area contributed by atoms with E-state index in [-0.39, 0.29) is 12.2 Å². The number of aryl methyl sites for hydroxylation is 2. The number of carbonyl (C=O) groups is 1. The number of halogens is 1. The molecular weight excluding hydrogens is 610 g/mol. The van der Waals surface area contributed by atoms with Crippen LogP contribution in [0.5, 0.6) is 0 Å². The van der Waals surface area contributed by atoms with E-state index < -0.39 is 17.7 Å². The number of aromatic nitrogens is 5. The van der Waals surface area contributed by atoms with Gasteiger partial charge in [-0.2, -0.15) is 5.10 Å². The molecule has 0 radical (unpaired) electrons. The molecule has 0 aliphatic carbocycles. The fourth-order valence-corrected chi connectivity index (χ4v) is 6.64. The second-order valence-corrected chi connectivity index (χ2v) is 13.1. The predicted octanol–water partition coefficient (Wildman–Crippen LogP) is 7.44. The number of fused-ring (bicyclic) bond motifs is 2. The molecule has 0 amide bonds. The third kappa shape index (κ3) is 5.88. The maximum Gasteiger partial charge on any atom is 0.339 e. The summed E-state index contributed by atoms with van der Waals surface area (Å²) in [5.74, 6) is -0.476. The number of nitrogens with zero attached hydrogens (tertiary/aromatic N) is 5. The number of rotatable bonds is 7. The van der Waals surface area contributed by atoms with Gasteiger partial charge in [-0.1, -0.05) is 41.1 Å². The van der Waals surface area contributed by atoms with Crippen molar-refractivity contribution in [2.75, 3.05) is 6.61 Å². The minimum absolute atomic E-state index is 0.214. The Morgan fingerprint density at radius 1 is 1.09 bits per heavy atom. The van der Waals surface area contributed by atoms with Crippen LogP contribution in [0.1, 0.15) is 44.9 Å². The lowest BCUT2D eigenvalue weighted by molar-refractivity contribution is -0.166. The maximum absolute atomic E-state index is 13.9. The minimum atomic E-state index is -0.997. The third-order valence-corrected chi connectivity index (χ3v) is 8.69. The van der Waals surface area contributed by atoms with Gasteiger partial charge in [0.05, 0.1) is 34.1 Å². The summed E-state index contributed by atoms with van der Waals surface area (Å²) in [7, 11) is 1.87. The lowest BCUT2D eigenvalue weighted by atomic mass is 9.91. The largest absolute Gasteiger partial charge is 0.464 e. The molecule has 6 rings (SSSR count). The summed E-state index contributed by atoms with van der Waals surface area (Å²) in [5, 5.41) is 6.27. The summed E-state index contributed by atoms with van der Waals surface area (Å²) in [6, 6.07) is 15.1. The van der Waals surface area contributed by atoms with Gasteiger partial charge in [0.1, 0.15) is 5.69 Å². The smallest absolute Gasteiger partial charge is 0.339 e. The van der Waals surface area contributed by atoms with Gasteiger partial charge in [0.15, 0.2) is 11.2 Å². The lowest BCUT2D eigenvalue weighted by Gasteiger charge is -2.29. The van der Waals surface area contributed by atoms with Crippen LogP contribution >= 0.6 is 22.9 Å². The van der Waals surface area contributed by atoms with Crippen LogP contribution in [0.2, 0.25) is 5.02 Å². The average molecular weight is 642 g/mol. The summed E-state index contributed by atoms with van der Waals surface area (Å²) in [6.45, 7) is 9.62. The summed E-state index contributed by atoms with van der Waals surface area (Å²) in [4.78, 5) is 36.7. The normalized spacial score (nSPS) is 12.6. The van der Waals surface area contributed by atoms with Gasteiger partial charge >= 0.3 is 5.97 Å². The monoisotopic (exact) mass is 641 g/mol. The van der Waals surface area contributed by atoms with Gasteiger partial charge in [-0.3, -0.25) is 14.0 Å². The zero-order valence-corrected chi connectivity index (χ0v) is 27.4. The number of hydrogen-bond donors (Lipinski definition) is 0. The summed E-state index contributed by atoms with van der Waals surface area (Å²) in [6.07, 6.45) is 3.98. The molecule has 0 spiro atoms. The molecule has 3 heterocycles. The first-order valence-corrected chi connectivity index (χ1v) is 15.7. The first-order chi connectivity index (χ1) is 21.4. The van der Waals surface area contributed by atoms with Crippen LogP contribution < -0.4 is 5.56 Å². The molecule has 0 fully saturated rings. The highest BCUT2D eigenvalue weighted by Gasteiger charge is 2.33. The molecule has 11 heteroatoms. The van der Waals surface area contributed by atoms with Gasteiger partial charge in [0.25, 0.3) is 5.56 Å². The quantitative estimate of drug-likeness (QED) is 0.167. The average Bonchev–Trinajstić information content (AvgIpc) is 3.58. The van der Waals surface area contributed by atoms with Crippen LogP contribution in [0.25, 0.3) is 48.6 Å². The molecule has 0 unspecified atom stereocenters. The molecule has 3 aromatic heterocycles. The molecule has 1 atom stereocenters. The third-order valence-electron chi connectivity index (χ3n) is 7.35. The minimum Gasteiger partial charge on any atom is -0.464 e. The second kappa shape index (κ2) is 11.8. The van der Waals surface area contributed by atoms with E-state index >= 15 is 0 Å². The Bertz CT molecular complexity index is 2130. The first kappa shape index (κ1) is 30.6. The number of esters is 1. The van der Waals surface area contributed by atoms with Gasteiger partial charge in [-0.25, -0.2) is 14.8 Å². The molecule has 0 aliphatic heterocycles. The van der Waals surface area contributed by atoms with Crippen molar-refractivity contribution in [3.05, 3.63) is 93.6 Å². The maximum atomic E-state index is 13.9.